The molecule has 122 valence electrons. The number of benzene rings is 1. The van der Waals surface area contributed by atoms with Gasteiger partial charge in [-0.2, -0.15) is 0 Å². The zero-order valence-corrected chi connectivity index (χ0v) is 14.3. The van der Waals surface area contributed by atoms with Gasteiger partial charge >= 0.3 is 0 Å². The average molecular weight is 338 g/mol. The smallest absolute Gasteiger partial charge is 0.244 e. The lowest BCUT2D eigenvalue weighted by molar-refractivity contribution is -0.117. The van der Waals surface area contributed by atoms with Crippen LogP contribution in [0.15, 0.2) is 59.2 Å². The number of hydrogen-bond donors (Lipinski definition) is 1. The zero-order valence-electron chi connectivity index (χ0n) is 13.5. The minimum atomic E-state index is -0.159. The number of aromatic nitrogens is 1. The van der Waals surface area contributed by atoms with Crippen molar-refractivity contribution in [2.75, 3.05) is 0 Å². The largest absolute Gasteiger partial charge is 0.465 e. The van der Waals surface area contributed by atoms with E-state index in [1.807, 2.05) is 44.2 Å². The fourth-order valence-electron chi connectivity index (χ4n) is 2.39. The first-order valence-corrected chi connectivity index (χ1v) is 8.50. The highest BCUT2D eigenvalue weighted by atomic mass is 32.1. The monoisotopic (exact) mass is 338 g/mol. The van der Waals surface area contributed by atoms with Crippen molar-refractivity contribution >= 4 is 23.3 Å². The summed E-state index contributed by atoms with van der Waals surface area (Å²) >= 11 is 1.61. The summed E-state index contributed by atoms with van der Waals surface area (Å²) in [6.07, 6.45) is 4.70. The summed E-state index contributed by atoms with van der Waals surface area (Å²) in [4.78, 5) is 17.7. The number of amides is 1. The van der Waals surface area contributed by atoms with Crippen LogP contribution in [-0.4, -0.2) is 10.9 Å². The van der Waals surface area contributed by atoms with Crippen molar-refractivity contribution in [1.29, 1.82) is 0 Å². The summed E-state index contributed by atoms with van der Waals surface area (Å²) in [5, 5.41) is 3.94. The van der Waals surface area contributed by atoms with E-state index in [0.717, 1.165) is 21.1 Å². The molecule has 1 N–H and O–H groups in total. The van der Waals surface area contributed by atoms with Crippen molar-refractivity contribution in [1.82, 2.24) is 10.3 Å². The maximum absolute atomic E-state index is 12.1. The molecule has 3 aromatic rings. The molecule has 1 atom stereocenters. The maximum atomic E-state index is 12.1. The molecule has 0 spiro atoms. The van der Waals surface area contributed by atoms with Crippen LogP contribution in [0.3, 0.4) is 0 Å². The predicted molar refractivity (Wildman–Crippen MR) is 96.6 cm³/mol. The summed E-state index contributed by atoms with van der Waals surface area (Å²) in [7, 11) is 0. The first kappa shape index (κ1) is 16.2. The molecule has 0 aliphatic carbocycles. The number of nitrogens with one attached hydrogen (secondary N) is 1. The molecular weight excluding hydrogens is 320 g/mol. The van der Waals surface area contributed by atoms with Crippen LogP contribution in [0.2, 0.25) is 0 Å². The normalized spacial score (nSPS) is 12.4. The third-order valence-electron chi connectivity index (χ3n) is 3.55. The van der Waals surface area contributed by atoms with E-state index in [2.05, 4.69) is 10.3 Å². The quantitative estimate of drug-likeness (QED) is 0.692. The number of carbonyl (C=O) groups is 1. The summed E-state index contributed by atoms with van der Waals surface area (Å²) < 4.78 is 5.17. The lowest BCUT2D eigenvalue weighted by Crippen LogP contribution is -2.24. The molecule has 0 aliphatic heterocycles. The first-order chi connectivity index (χ1) is 11.6. The number of aryl methyl sites for hydroxylation is 1. The minimum Gasteiger partial charge on any atom is -0.465 e. The Morgan fingerprint density at radius 1 is 1.25 bits per heavy atom. The fourth-order valence-corrected chi connectivity index (χ4v) is 3.46. The Hall–Kier alpha value is -2.66. The molecule has 0 aliphatic rings. The number of furan rings is 1. The number of carbonyl (C=O) groups excluding carboxylic acids is 1. The van der Waals surface area contributed by atoms with Crippen LogP contribution in [0.1, 0.15) is 29.3 Å². The van der Waals surface area contributed by atoms with Crippen LogP contribution in [0.4, 0.5) is 0 Å². The molecule has 0 radical (unpaired) electrons. The van der Waals surface area contributed by atoms with Gasteiger partial charge in [0.15, 0.2) is 0 Å². The van der Waals surface area contributed by atoms with Gasteiger partial charge in [-0.25, -0.2) is 4.98 Å². The molecular formula is C19H18N2O2S. The second-order valence-electron chi connectivity index (χ2n) is 5.41. The number of thiazole rings is 1. The third kappa shape index (κ3) is 3.81. The summed E-state index contributed by atoms with van der Waals surface area (Å²) in [6, 6.07) is 13.5. The molecule has 0 bridgehead atoms. The van der Waals surface area contributed by atoms with E-state index in [1.165, 1.54) is 6.08 Å². The molecule has 0 saturated carbocycles. The van der Waals surface area contributed by atoms with Gasteiger partial charge in [0.2, 0.25) is 5.91 Å². The van der Waals surface area contributed by atoms with Crippen LogP contribution in [0.25, 0.3) is 16.6 Å². The Morgan fingerprint density at radius 3 is 2.75 bits per heavy atom. The van der Waals surface area contributed by atoms with Gasteiger partial charge in [0, 0.05) is 11.6 Å². The topological polar surface area (TPSA) is 55.1 Å². The van der Waals surface area contributed by atoms with Gasteiger partial charge in [0.1, 0.15) is 10.8 Å². The molecule has 24 heavy (non-hydrogen) atoms. The van der Waals surface area contributed by atoms with E-state index < -0.39 is 0 Å². The first-order valence-electron chi connectivity index (χ1n) is 7.68. The van der Waals surface area contributed by atoms with E-state index in [-0.39, 0.29) is 11.9 Å². The van der Waals surface area contributed by atoms with Crippen molar-refractivity contribution < 1.29 is 9.21 Å². The molecule has 0 unspecified atom stereocenters. The Labute approximate surface area is 144 Å². The van der Waals surface area contributed by atoms with Crippen LogP contribution in [0.5, 0.6) is 0 Å². The highest BCUT2D eigenvalue weighted by Crippen LogP contribution is 2.31. The van der Waals surface area contributed by atoms with E-state index in [4.69, 9.17) is 4.42 Å². The third-order valence-corrected chi connectivity index (χ3v) is 4.94. The van der Waals surface area contributed by atoms with E-state index >= 15 is 0 Å². The number of rotatable bonds is 5. The summed E-state index contributed by atoms with van der Waals surface area (Å²) in [6.45, 7) is 3.94. The molecule has 3 rings (SSSR count). The lowest BCUT2D eigenvalue weighted by Gasteiger charge is -2.10. The van der Waals surface area contributed by atoms with Gasteiger partial charge in [-0.1, -0.05) is 30.3 Å². The molecule has 4 nitrogen and oxygen atoms in total. The second kappa shape index (κ2) is 7.27. The van der Waals surface area contributed by atoms with Crippen molar-refractivity contribution in [3.8, 4) is 10.6 Å². The van der Waals surface area contributed by atoms with Gasteiger partial charge in [-0.3, -0.25) is 4.79 Å². The van der Waals surface area contributed by atoms with Crippen molar-refractivity contribution in [3.05, 3.63) is 71.1 Å². The molecule has 0 fully saturated rings. The van der Waals surface area contributed by atoms with Gasteiger partial charge in [-0.15, -0.1) is 11.3 Å². The Bertz CT molecular complexity index is 836. The highest BCUT2D eigenvalue weighted by molar-refractivity contribution is 7.15. The highest BCUT2D eigenvalue weighted by Gasteiger charge is 2.16. The minimum absolute atomic E-state index is 0.103. The molecule has 0 saturated heterocycles. The average Bonchev–Trinajstić information content (AvgIpc) is 3.23. The second-order valence-corrected chi connectivity index (χ2v) is 6.44. The van der Waals surface area contributed by atoms with Gasteiger partial charge in [0.05, 0.1) is 22.9 Å². The van der Waals surface area contributed by atoms with Crippen LogP contribution >= 0.6 is 11.3 Å². The standard InChI is InChI=1S/C19H18N2O2S/c1-13(20-17(22)11-10-16-9-6-12-23-16)18-14(2)21-19(24-18)15-7-4-3-5-8-15/h3-13H,1-2H3,(H,20,22)/b11-10+/t13-/m0/s1. The Balaban J connectivity index is 1.70. The Morgan fingerprint density at radius 2 is 2.04 bits per heavy atom. The number of nitrogens with zero attached hydrogens (tertiary/aromatic N) is 1. The molecule has 1 amide bonds. The van der Waals surface area contributed by atoms with Crippen LogP contribution in [-0.2, 0) is 4.79 Å². The molecule has 2 aromatic heterocycles. The van der Waals surface area contributed by atoms with E-state index in [1.54, 1.807) is 35.8 Å². The molecule has 1 aromatic carbocycles. The zero-order chi connectivity index (χ0) is 16.9. The van der Waals surface area contributed by atoms with Gasteiger partial charge in [-0.05, 0) is 32.1 Å². The predicted octanol–water partition coefficient (Wildman–Crippen LogP) is 4.60. The van der Waals surface area contributed by atoms with Crippen molar-refractivity contribution in [2.24, 2.45) is 0 Å². The lowest BCUT2D eigenvalue weighted by atomic mass is 10.2. The van der Waals surface area contributed by atoms with E-state index in [9.17, 15) is 4.79 Å². The van der Waals surface area contributed by atoms with Crippen LogP contribution < -0.4 is 5.32 Å². The Kier molecular flexibility index (Phi) is 4.91. The molecule has 5 heteroatoms. The SMILES string of the molecule is Cc1nc(-c2ccccc2)sc1[C@H](C)NC(=O)/C=C/c1ccco1. The summed E-state index contributed by atoms with van der Waals surface area (Å²) in [5.41, 5.74) is 2.04. The van der Waals surface area contributed by atoms with Crippen molar-refractivity contribution in [3.63, 3.8) is 0 Å². The van der Waals surface area contributed by atoms with Crippen LogP contribution in [0, 0.1) is 6.92 Å². The van der Waals surface area contributed by atoms with Gasteiger partial charge in [0.25, 0.3) is 0 Å². The maximum Gasteiger partial charge on any atom is 0.244 e. The fraction of sp³-hybridized carbons (Fsp3) is 0.158. The summed E-state index contributed by atoms with van der Waals surface area (Å²) in [5.74, 6) is 0.492. The van der Waals surface area contributed by atoms with Gasteiger partial charge < -0.3 is 9.73 Å². The van der Waals surface area contributed by atoms with E-state index in [0.29, 0.717) is 5.76 Å². The molecule has 2 heterocycles. The number of hydrogen-bond acceptors (Lipinski definition) is 4. The van der Waals surface area contributed by atoms with Crippen molar-refractivity contribution in [2.45, 2.75) is 19.9 Å².